The second-order valence-electron chi connectivity index (χ2n) is 5.46. The van der Waals surface area contributed by atoms with Crippen molar-refractivity contribution in [2.75, 3.05) is 23.3 Å². The van der Waals surface area contributed by atoms with Gasteiger partial charge in [0.05, 0.1) is 6.20 Å². The fourth-order valence-corrected chi connectivity index (χ4v) is 2.86. The highest BCUT2D eigenvalue weighted by Gasteiger charge is 2.23. The number of aromatic nitrogens is 4. The Hall–Kier alpha value is -2.83. The van der Waals surface area contributed by atoms with E-state index in [1.807, 2.05) is 18.2 Å². The predicted octanol–water partition coefficient (Wildman–Crippen LogP) is 1.34. The van der Waals surface area contributed by atoms with Crippen LogP contribution >= 0.6 is 0 Å². The molecule has 1 fully saturated rings. The molecule has 1 saturated heterocycles. The standard InChI is InChI=1S/C15H16N6O/c22-14-12-8-16-20-13(12)18-15(19-14)17-10-6-7-21(9-10)11-4-2-1-3-5-11/h1-5,8,10H,6-7,9H2,(H3,16,17,18,19,20,22). The Labute approximate surface area is 126 Å². The van der Waals surface area contributed by atoms with Crippen molar-refractivity contribution in [1.29, 1.82) is 0 Å². The highest BCUT2D eigenvalue weighted by atomic mass is 16.1. The number of fused-ring (bicyclic) bond motifs is 1. The predicted molar refractivity (Wildman–Crippen MR) is 85.2 cm³/mol. The lowest BCUT2D eigenvalue weighted by atomic mass is 10.3. The molecule has 0 saturated carbocycles. The molecule has 1 unspecified atom stereocenters. The quantitative estimate of drug-likeness (QED) is 0.678. The molecule has 7 heteroatoms. The van der Waals surface area contributed by atoms with Gasteiger partial charge in [-0.2, -0.15) is 10.1 Å². The SMILES string of the molecule is O=c1[nH]c(NC2CCN(c3ccccc3)C2)nc2[nH]ncc12. The largest absolute Gasteiger partial charge is 0.369 e. The highest BCUT2D eigenvalue weighted by Crippen LogP contribution is 2.21. The van der Waals surface area contributed by atoms with Crippen molar-refractivity contribution in [3.8, 4) is 0 Å². The summed E-state index contributed by atoms with van der Waals surface area (Å²) in [6.07, 6.45) is 2.48. The second kappa shape index (κ2) is 5.18. The maximum Gasteiger partial charge on any atom is 0.263 e. The van der Waals surface area contributed by atoms with E-state index in [2.05, 4.69) is 42.5 Å². The molecular formula is C15H16N6O. The van der Waals surface area contributed by atoms with E-state index in [-0.39, 0.29) is 11.6 Å². The summed E-state index contributed by atoms with van der Waals surface area (Å²) in [4.78, 5) is 21.4. The monoisotopic (exact) mass is 296 g/mol. The van der Waals surface area contributed by atoms with Gasteiger partial charge >= 0.3 is 0 Å². The van der Waals surface area contributed by atoms with E-state index < -0.39 is 0 Å². The number of nitrogens with one attached hydrogen (secondary N) is 3. The van der Waals surface area contributed by atoms with Crippen molar-refractivity contribution in [2.24, 2.45) is 0 Å². The number of hydrogen-bond donors (Lipinski definition) is 3. The fraction of sp³-hybridized carbons (Fsp3) is 0.267. The summed E-state index contributed by atoms with van der Waals surface area (Å²) in [5, 5.41) is 10.4. The average molecular weight is 296 g/mol. The van der Waals surface area contributed by atoms with Gasteiger partial charge in [0.25, 0.3) is 5.56 Å². The molecule has 0 aliphatic carbocycles. The summed E-state index contributed by atoms with van der Waals surface area (Å²) in [5.74, 6) is 0.488. The van der Waals surface area contributed by atoms with Gasteiger partial charge in [0.2, 0.25) is 5.95 Å². The first-order chi connectivity index (χ1) is 10.8. The summed E-state index contributed by atoms with van der Waals surface area (Å²) >= 11 is 0. The zero-order valence-corrected chi connectivity index (χ0v) is 11.9. The Morgan fingerprint density at radius 3 is 3.00 bits per heavy atom. The normalized spacial score (nSPS) is 18.0. The molecule has 2 aromatic heterocycles. The lowest BCUT2D eigenvalue weighted by Crippen LogP contribution is -2.27. The van der Waals surface area contributed by atoms with Gasteiger partial charge in [0.15, 0.2) is 5.65 Å². The van der Waals surface area contributed by atoms with Gasteiger partial charge in [0.1, 0.15) is 5.39 Å². The Morgan fingerprint density at radius 1 is 1.27 bits per heavy atom. The zero-order chi connectivity index (χ0) is 14.9. The molecule has 22 heavy (non-hydrogen) atoms. The summed E-state index contributed by atoms with van der Waals surface area (Å²) in [6, 6.07) is 10.6. The number of H-pyrrole nitrogens is 2. The smallest absolute Gasteiger partial charge is 0.263 e. The molecule has 0 amide bonds. The minimum atomic E-state index is -0.181. The topological polar surface area (TPSA) is 89.7 Å². The number of benzene rings is 1. The Morgan fingerprint density at radius 2 is 2.14 bits per heavy atom. The van der Waals surface area contributed by atoms with E-state index in [4.69, 9.17) is 0 Å². The van der Waals surface area contributed by atoms with Crippen LogP contribution in [0, 0.1) is 0 Å². The molecule has 112 valence electrons. The van der Waals surface area contributed by atoms with Crippen LogP contribution in [0.4, 0.5) is 11.6 Å². The Kier molecular flexibility index (Phi) is 3.03. The molecule has 0 bridgehead atoms. The van der Waals surface area contributed by atoms with Gasteiger partial charge in [-0.15, -0.1) is 0 Å². The molecule has 0 spiro atoms. The minimum Gasteiger partial charge on any atom is -0.369 e. The number of para-hydroxylation sites is 1. The van der Waals surface area contributed by atoms with Crippen LogP contribution in [0.25, 0.3) is 11.0 Å². The lowest BCUT2D eigenvalue weighted by molar-refractivity contribution is 0.792. The zero-order valence-electron chi connectivity index (χ0n) is 11.9. The van der Waals surface area contributed by atoms with E-state index in [1.54, 1.807) is 0 Å². The first-order valence-corrected chi connectivity index (χ1v) is 7.29. The molecule has 1 aromatic carbocycles. The summed E-state index contributed by atoms with van der Waals surface area (Å²) in [6.45, 7) is 1.87. The third-order valence-corrected chi connectivity index (χ3v) is 3.97. The van der Waals surface area contributed by atoms with Crippen LogP contribution in [0.1, 0.15) is 6.42 Å². The highest BCUT2D eigenvalue weighted by molar-refractivity contribution is 5.73. The van der Waals surface area contributed by atoms with Crippen LogP contribution in [-0.4, -0.2) is 39.3 Å². The molecule has 1 aliphatic rings. The average Bonchev–Trinajstić information content (AvgIpc) is 3.17. The van der Waals surface area contributed by atoms with E-state index in [9.17, 15) is 4.79 Å². The van der Waals surface area contributed by atoms with Crippen molar-refractivity contribution in [3.63, 3.8) is 0 Å². The molecule has 4 rings (SSSR count). The molecule has 3 aromatic rings. The Balaban J connectivity index is 1.50. The number of aromatic amines is 2. The molecular weight excluding hydrogens is 280 g/mol. The van der Waals surface area contributed by atoms with Gasteiger partial charge in [-0.3, -0.25) is 14.9 Å². The van der Waals surface area contributed by atoms with E-state index >= 15 is 0 Å². The van der Waals surface area contributed by atoms with E-state index in [1.165, 1.54) is 11.9 Å². The van der Waals surface area contributed by atoms with Gasteiger partial charge in [-0.1, -0.05) is 18.2 Å². The maximum atomic E-state index is 11.9. The summed E-state index contributed by atoms with van der Waals surface area (Å²) in [7, 11) is 0. The summed E-state index contributed by atoms with van der Waals surface area (Å²) in [5.41, 5.74) is 1.54. The number of rotatable bonds is 3. The molecule has 7 nitrogen and oxygen atoms in total. The van der Waals surface area contributed by atoms with Crippen molar-refractivity contribution >= 4 is 22.7 Å². The summed E-state index contributed by atoms with van der Waals surface area (Å²) < 4.78 is 0. The van der Waals surface area contributed by atoms with Crippen molar-refractivity contribution in [3.05, 3.63) is 46.9 Å². The van der Waals surface area contributed by atoms with Crippen LogP contribution in [0.2, 0.25) is 0 Å². The van der Waals surface area contributed by atoms with E-state index in [0.29, 0.717) is 17.0 Å². The van der Waals surface area contributed by atoms with Crippen molar-refractivity contribution < 1.29 is 0 Å². The number of nitrogens with zero attached hydrogens (tertiary/aromatic N) is 3. The van der Waals surface area contributed by atoms with Crippen LogP contribution in [0.15, 0.2) is 41.3 Å². The first kappa shape index (κ1) is 12.9. The van der Waals surface area contributed by atoms with Gasteiger partial charge in [-0.25, -0.2) is 0 Å². The first-order valence-electron chi connectivity index (χ1n) is 7.29. The van der Waals surface area contributed by atoms with Gasteiger partial charge < -0.3 is 10.2 Å². The van der Waals surface area contributed by atoms with Crippen LogP contribution in [0.5, 0.6) is 0 Å². The molecule has 3 N–H and O–H groups in total. The van der Waals surface area contributed by atoms with E-state index in [0.717, 1.165) is 19.5 Å². The van der Waals surface area contributed by atoms with Crippen LogP contribution in [0.3, 0.4) is 0 Å². The van der Waals surface area contributed by atoms with Crippen molar-refractivity contribution in [2.45, 2.75) is 12.5 Å². The molecule has 0 radical (unpaired) electrons. The maximum absolute atomic E-state index is 11.9. The molecule has 1 aliphatic heterocycles. The van der Waals surface area contributed by atoms with Crippen LogP contribution in [-0.2, 0) is 0 Å². The van der Waals surface area contributed by atoms with Crippen LogP contribution < -0.4 is 15.8 Å². The fourth-order valence-electron chi connectivity index (χ4n) is 2.86. The van der Waals surface area contributed by atoms with Crippen molar-refractivity contribution in [1.82, 2.24) is 20.2 Å². The number of anilines is 2. The van der Waals surface area contributed by atoms with Gasteiger partial charge in [0, 0.05) is 24.8 Å². The molecule has 3 heterocycles. The lowest BCUT2D eigenvalue weighted by Gasteiger charge is -2.19. The number of hydrogen-bond acceptors (Lipinski definition) is 5. The Bertz CT molecular complexity index is 840. The third kappa shape index (κ3) is 2.30. The second-order valence-corrected chi connectivity index (χ2v) is 5.46. The third-order valence-electron chi connectivity index (χ3n) is 3.97. The minimum absolute atomic E-state index is 0.181. The van der Waals surface area contributed by atoms with Gasteiger partial charge in [-0.05, 0) is 18.6 Å². The molecule has 1 atom stereocenters.